The molecule has 0 atom stereocenters. The molecule has 0 aliphatic heterocycles. The second kappa shape index (κ2) is 5.77. The van der Waals surface area contributed by atoms with Gasteiger partial charge in [-0.15, -0.1) is 0 Å². The first-order valence-corrected chi connectivity index (χ1v) is 6.45. The summed E-state index contributed by atoms with van der Waals surface area (Å²) in [4.78, 5) is 10.8. The summed E-state index contributed by atoms with van der Waals surface area (Å²) in [6.45, 7) is 0. The quantitative estimate of drug-likeness (QED) is 0.841. The van der Waals surface area contributed by atoms with E-state index in [0.717, 1.165) is 6.07 Å². The van der Waals surface area contributed by atoms with Gasteiger partial charge in [-0.2, -0.15) is 13.2 Å². The number of ether oxygens (including phenoxy) is 1. The monoisotopic (exact) mass is 360 g/mol. The molecule has 0 aliphatic carbocycles. The van der Waals surface area contributed by atoms with Crippen LogP contribution in [0.4, 0.5) is 13.2 Å². The lowest BCUT2D eigenvalue weighted by Crippen LogP contribution is -2.07. The van der Waals surface area contributed by atoms with Crippen molar-refractivity contribution in [2.45, 2.75) is 6.18 Å². The van der Waals surface area contributed by atoms with Crippen LogP contribution in [0, 0.1) is 0 Å². The summed E-state index contributed by atoms with van der Waals surface area (Å²) < 4.78 is 44.0. The minimum atomic E-state index is -4.54. The molecule has 0 aliphatic rings. The maximum absolute atomic E-state index is 12.9. The predicted molar refractivity (Wildman–Crippen MR) is 72.6 cm³/mol. The first kappa shape index (κ1) is 15.4. The zero-order valence-electron chi connectivity index (χ0n) is 10.3. The van der Waals surface area contributed by atoms with Crippen molar-refractivity contribution in [2.75, 3.05) is 0 Å². The van der Waals surface area contributed by atoms with Gasteiger partial charge in [0.25, 0.3) is 0 Å². The van der Waals surface area contributed by atoms with Gasteiger partial charge in [0.2, 0.25) is 0 Å². The average Bonchev–Trinajstić information content (AvgIpc) is 2.40. The predicted octanol–water partition coefficient (Wildman–Crippen LogP) is 4.96. The van der Waals surface area contributed by atoms with Gasteiger partial charge < -0.3 is 9.84 Å². The van der Waals surface area contributed by atoms with Crippen molar-refractivity contribution in [1.82, 2.24) is 0 Å². The number of alkyl halides is 3. The van der Waals surface area contributed by atoms with Crippen LogP contribution in [-0.4, -0.2) is 11.1 Å². The number of carboxylic acid groups (broad SMARTS) is 1. The van der Waals surface area contributed by atoms with E-state index in [0.29, 0.717) is 0 Å². The Kier molecular flexibility index (Phi) is 4.22. The molecule has 0 saturated heterocycles. The summed E-state index contributed by atoms with van der Waals surface area (Å²) in [6, 6.07) is 8.59. The molecule has 2 aromatic rings. The SMILES string of the molecule is O=C(O)c1ccc(Oc2ccccc2C(F)(F)F)c(Br)c1. The molecule has 0 spiro atoms. The van der Waals surface area contributed by atoms with Crippen LogP contribution in [0.3, 0.4) is 0 Å². The fourth-order valence-corrected chi connectivity index (χ4v) is 2.08. The zero-order chi connectivity index (χ0) is 15.6. The molecule has 0 unspecified atom stereocenters. The Bertz CT molecular complexity index is 683. The Morgan fingerprint density at radius 2 is 1.76 bits per heavy atom. The molecule has 0 fully saturated rings. The molecule has 0 amide bonds. The van der Waals surface area contributed by atoms with Crippen molar-refractivity contribution in [1.29, 1.82) is 0 Å². The Morgan fingerprint density at radius 1 is 1.10 bits per heavy atom. The highest BCUT2D eigenvalue weighted by molar-refractivity contribution is 9.10. The Hall–Kier alpha value is -2.02. The second-order valence-electron chi connectivity index (χ2n) is 4.05. The molecule has 2 aromatic carbocycles. The minimum absolute atomic E-state index is 0.00154. The van der Waals surface area contributed by atoms with Crippen LogP contribution in [0.5, 0.6) is 11.5 Å². The number of rotatable bonds is 3. The van der Waals surface area contributed by atoms with Crippen molar-refractivity contribution < 1.29 is 27.8 Å². The maximum atomic E-state index is 12.9. The number of aromatic carboxylic acids is 1. The average molecular weight is 361 g/mol. The molecule has 21 heavy (non-hydrogen) atoms. The van der Waals surface area contributed by atoms with E-state index in [-0.39, 0.29) is 21.5 Å². The van der Waals surface area contributed by atoms with Crippen LogP contribution in [0.25, 0.3) is 0 Å². The van der Waals surface area contributed by atoms with Crippen molar-refractivity contribution in [3.05, 3.63) is 58.1 Å². The molecule has 7 heteroatoms. The molecule has 0 saturated carbocycles. The van der Waals surface area contributed by atoms with Crippen molar-refractivity contribution in [3.8, 4) is 11.5 Å². The molecule has 0 radical (unpaired) electrons. The highest BCUT2D eigenvalue weighted by Gasteiger charge is 2.34. The van der Waals surface area contributed by atoms with Crippen LogP contribution in [0.2, 0.25) is 0 Å². The highest BCUT2D eigenvalue weighted by Crippen LogP contribution is 2.39. The van der Waals surface area contributed by atoms with Gasteiger partial charge in [0.05, 0.1) is 15.6 Å². The van der Waals surface area contributed by atoms with E-state index in [9.17, 15) is 18.0 Å². The van der Waals surface area contributed by atoms with E-state index in [2.05, 4.69) is 15.9 Å². The Morgan fingerprint density at radius 3 is 2.33 bits per heavy atom. The number of benzene rings is 2. The van der Waals surface area contributed by atoms with Crippen molar-refractivity contribution >= 4 is 21.9 Å². The van der Waals surface area contributed by atoms with Gasteiger partial charge in [0.15, 0.2) is 0 Å². The van der Waals surface area contributed by atoms with Gasteiger partial charge in [-0.3, -0.25) is 0 Å². The standard InChI is InChI=1S/C14H8BrF3O3/c15-10-7-8(13(19)20)5-6-12(10)21-11-4-2-1-3-9(11)14(16,17)18/h1-7H,(H,19,20). The highest BCUT2D eigenvalue weighted by atomic mass is 79.9. The van der Waals surface area contributed by atoms with Gasteiger partial charge in [0, 0.05) is 0 Å². The summed E-state index contributed by atoms with van der Waals surface area (Å²) in [6.07, 6.45) is -4.54. The lowest BCUT2D eigenvalue weighted by molar-refractivity contribution is -0.138. The molecular formula is C14H8BrF3O3. The Labute approximate surface area is 126 Å². The third-order valence-corrected chi connectivity index (χ3v) is 3.21. The van der Waals surface area contributed by atoms with Gasteiger partial charge >= 0.3 is 12.1 Å². The summed E-state index contributed by atoms with van der Waals surface area (Å²) in [7, 11) is 0. The number of carbonyl (C=O) groups is 1. The molecule has 0 heterocycles. The smallest absolute Gasteiger partial charge is 0.419 e. The van der Waals surface area contributed by atoms with E-state index < -0.39 is 17.7 Å². The number of halogens is 4. The van der Waals surface area contributed by atoms with E-state index >= 15 is 0 Å². The van der Waals surface area contributed by atoms with E-state index in [1.807, 2.05) is 0 Å². The number of para-hydroxylation sites is 1. The molecule has 0 bridgehead atoms. The number of hydrogen-bond acceptors (Lipinski definition) is 2. The van der Waals surface area contributed by atoms with Gasteiger partial charge in [-0.05, 0) is 46.3 Å². The summed E-state index contributed by atoms with van der Waals surface area (Å²) in [5.41, 5.74) is -0.905. The third kappa shape index (κ3) is 3.55. The van der Waals surface area contributed by atoms with Crippen LogP contribution >= 0.6 is 15.9 Å². The molecule has 0 aromatic heterocycles. The fraction of sp³-hybridized carbons (Fsp3) is 0.0714. The van der Waals surface area contributed by atoms with Gasteiger partial charge in [-0.1, -0.05) is 12.1 Å². The van der Waals surface area contributed by atoms with Crippen LogP contribution in [0.15, 0.2) is 46.9 Å². The van der Waals surface area contributed by atoms with E-state index in [1.165, 1.54) is 36.4 Å². The lowest BCUT2D eigenvalue weighted by atomic mass is 10.2. The molecule has 1 N–H and O–H groups in total. The largest absolute Gasteiger partial charge is 0.478 e. The minimum Gasteiger partial charge on any atom is -0.478 e. The summed E-state index contributed by atoms with van der Waals surface area (Å²) in [5.74, 6) is -1.40. The van der Waals surface area contributed by atoms with E-state index in [4.69, 9.17) is 9.84 Å². The van der Waals surface area contributed by atoms with E-state index in [1.54, 1.807) is 0 Å². The fourth-order valence-electron chi connectivity index (χ4n) is 1.62. The Balaban J connectivity index is 2.38. The molecule has 2 rings (SSSR count). The summed E-state index contributed by atoms with van der Waals surface area (Å²) in [5, 5.41) is 8.83. The normalized spacial score (nSPS) is 11.2. The first-order chi connectivity index (χ1) is 9.79. The topological polar surface area (TPSA) is 46.5 Å². The van der Waals surface area contributed by atoms with Crippen LogP contribution in [-0.2, 0) is 6.18 Å². The van der Waals surface area contributed by atoms with Crippen molar-refractivity contribution in [2.24, 2.45) is 0 Å². The zero-order valence-corrected chi connectivity index (χ0v) is 11.9. The number of carboxylic acids is 1. The maximum Gasteiger partial charge on any atom is 0.419 e. The van der Waals surface area contributed by atoms with Crippen molar-refractivity contribution in [3.63, 3.8) is 0 Å². The van der Waals surface area contributed by atoms with Gasteiger partial charge in [0.1, 0.15) is 11.5 Å². The third-order valence-electron chi connectivity index (χ3n) is 2.59. The molecule has 3 nitrogen and oxygen atoms in total. The lowest BCUT2D eigenvalue weighted by Gasteiger charge is -2.14. The first-order valence-electron chi connectivity index (χ1n) is 5.66. The second-order valence-corrected chi connectivity index (χ2v) is 4.90. The van der Waals surface area contributed by atoms with Crippen LogP contribution in [0.1, 0.15) is 15.9 Å². The molecular weight excluding hydrogens is 353 g/mol. The summed E-state index contributed by atoms with van der Waals surface area (Å²) >= 11 is 3.08. The number of hydrogen-bond donors (Lipinski definition) is 1. The van der Waals surface area contributed by atoms with Gasteiger partial charge in [-0.25, -0.2) is 4.79 Å². The van der Waals surface area contributed by atoms with Crippen LogP contribution < -0.4 is 4.74 Å². The molecule has 110 valence electrons.